The minimum atomic E-state index is -3.70. The van der Waals surface area contributed by atoms with E-state index in [1.807, 2.05) is 36.4 Å². The average Bonchev–Trinajstić information content (AvgIpc) is 2.70. The standard InChI is InChI=1S/C20H23N5O2S/c21-20(22)24-12-16(11-15-5-2-1-3-6-15)13-25-28(26,27)19-8-4-7-17-14-23-10-9-18(17)19/h1-10,14,16,25H,11-13H2,(H4,21,22,24). The first-order valence-electron chi connectivity index (χ1n) is 8.87. The van der Waals surface area contributed by atoms with Crippen LogP contribution in [-0.2, 0) is 16.4 Å². The summed E-state index contributed by atoms with van der Waals surface area (Å²) in [6.45, 7) is 0.550. The van der Waals surface area contributed by atoms with Crippen LogP contribution in [0.2, 0.25) is 0 Å². The van der Waals surface area contributed by atoms with Gasteiger partial charge in [0.05, 0.1) is 4.90 Å². The second-order valence-electron chi connectivity index (χ2n) is 6.53. The Labute approximate surface area is 164 Å². The van der Waals surface area contributed by atoms with Crippen molar-refractivity contribution in [2.75, 3.05) is 13.1 Å². The number of hydrogen-bond acceptors (Lipinski definition) is 4. The van der Waals surface area contributed by atoms with Crippen LogP contribution in [0.15, 0.2) is 76.9 Å². The van der Waals surface area contributed by atoms with Gasteiger partial charge in [0.1, 0.15) is 0 Å². The Morgan fingerprint density at radius 1 is 1.07 bits per heavy atom. The van der Waals surface area contributed by atoms with Crippen LogP contribution in [0.3, 0.4) is 0 Å². The Balaban J connectivity index is 1.79. The summed E-state index contributed by atoms with van der Waals surface area (Å²) in [4.78, 5) is 8.35. The fourth-order valence-corrected chi connectivity index (χ4v) is 4.36. The monoisotopic (exact) mass is 397 g/mol. The molecule has 1 unspecified atom stereocenters. The van der Waals surface area contributed by atoms with Gasteiger partial charge in [-0.3, -0.25) is 9.98 Å². The summed E-state index contributed by atoms with van der Waals surface area (Å²) in [5.41, 5.74) is 12.0. The van der Waals surface area contributed by atoms with Gasteiger partial charge in [0.2, 0.25) is 10.0 Å². The van der Waals surface area contributed by atoms with Crippen molar-refractivity contribution in [2.24, 2.45) is 22.4 Å². The molecule has 0 saturated carbocycles. The lowest BCUT2D eigenvalue weighted by Crippen LogP contribution is -2.33. The average molecular weight is 398 g/mol. The van der Waals surface area contributed by atoms with Gasteiger partial charge in [-0.25, -0.2) is 13.1 Å². The summed E-state index contributed by atoms with van der Waals surface area (Å²) in [6.07, 6.45) is 3.88. The van der Waals surface area contributed by atoms with Crippen LogP contribution in [0.1, 0.15) is 5.56 Å². The number of fused-ring (bicyclic) bond motifs is 1. The third kappa shape index (κ3) is 5.05. The van der Waals surface area contributed by atoms with Gasteiger partial charge in [-0.1, -0.05) is 42.5 Å². The number of nitrogens with one attached hydrogen (secondary N) is 1. The number of guanidine groups is 1. The fourth-order valence-electron chi connectivity index (χ4n) is 3.02. The van der Waals surface area contributed by atoms with Crippen LogP contribution in [0, 0.1) is 5.92 Å². The maximum Gasteiger partial charge on any atom is 0.241 e. The molecule has 0 radical (unpaired) electrons. The lowest BCUT2D eigenvalue weighted by molar-refractivity contribution is 0.512. The zero-order chi connectivity index (χ0) is 20.0. The van der Waals surface area contributed by atoms with Crippen molar-refractivity contribution in [3.05, 3.63) is 72.6 Å². The number of nitrogens with zero attached hydrogens (tertiary/aromatic N) is 2. The molecule has 0 aliphatic carbocycles. The number of aliphatic imine (C=N–C) groups is 1. The van der Waals surface area contributed by atoms with Gasteiger partial charge >= 0.3 is 0 Å². The largest absolute Gasteiger partial charge is 0.370 e. The van der Waals surface area contributed by atoms with E-state index in [-0.39, 0.29) is 23.3 Å². The molecule has 0 amide bonds. The molecule has 3 rings (SSSR count). The van der Waals surface area contributed by atoms with Gasteiger partial charge < -0.3 is 11.5 Å². The molecule has 3 aromatic rings. The minimum Gasteiger partial charge on any atom is -0.370 e. The van der Waals surface area contributed by atoms with E-state index < -0.39 is 10.0 Å². The van der Waals surface area contributed by atoms with Crippen molar-refractivity contribution in [1.82, 2.24) is 9.71 Å². The number of hydrogen-bond donors (Lipinski definition) is 3. The van der Waals surface area contributed by atoms with E-state index in [2.05, 4.69) is 14.7 Å². The van der Waals surface area contributed by atoms with Crippen LogP contribution in [0.4, 0.5) is 0 Å². The summed E-state index contributed by atoms with van der Waals surface area (Å²) in [6, 6.07) is 16.6. The highest BCUT2D eigenvalue weighted by atomic mass is 32.2. The van der Waals surface area contributed by atoms with Crippen LogP contribution in [0.5, 0.6) is 0 Å². The Hall–Kier alpha value is -2.97. The zero-order valence-electron chi connectivity index (χ0n) is 15.3. The molecule has 0 aliphatic heterocycles. The van der Waals surface area contributed by atoms with Crippen molar-refractivity contribution >= 4 is 26.8 Å². The molecule has 0 saturated heterocycles. The molecule has 1 atom stereocenters. The predicted molar refractivity (Wildman–Crippen MR) is 111 cm³/mol. The predicted octanol–water partition coefficient (Wildman–Crippen LogP) is 1.65. The van der Waals surface area contributed by atoms with E-state index in [0.717, 1.165) is 10.9 Å². The van der Waals surface area contributed by atoms with Gasteiger partial charge in [-0.05, 0) is 30.0 Å². The molecule has 1 heterocycles. The van der Waals surface area contributed by atoms with Crippen LogP contribution >= 0.6 is 0 Å². The molecule has 0 spiro atoms. The number of pyridine rings is 1. The van der Waals surface area contributed by atoms with E-state index >= 15 is 0 Å². The second kappa shape index (κ2) is 8.81. The molecule has 2 aromatic carbocycles. The van der Waals surface area contributed by atoms with E-state index in [1.165, 1.54) is 0 Å². The van der Waals surface area contributed by atoms with Crippen molar-refractivity contribution in [1.29, 1.82) is 0 Å². The first kappa shape index (κ1) is 19.8. The van der Waals surface area contributed by atoms with Crippen molar-refractivity contribution in [3.63, 3.8) is 0 Å². The fraction of sp³-hybridized carbons (Fsp3) is 0.200. The zero-order valence-corrected chi connectivity index (χ0v) is 16.1. The third-order valence-electron chi connectivity index (χ3n) is 4.39. The lowest BCUT2D eigenvalue weighted by atomic mass is 10.00. The Morgan fingerprint density at radius 3 is 2.61 bits per heavy atom. The van der Waals surface area contributed by atoms with Crippen molar-refractivity contribution < 1.29 is 8.42 Å². The van der Waals surface area contributed by atoms with Crippen molar-refractivity contribution in [3.8, 4) is 0 Å². The molecule has 7 nitrogen and oxygen atoms in total. The molecule has 146 valence electrons. The quantitative estimate of drug-likeness (QED) is 0.394. The molecule has 5 N–H and O–H groups in total. The van der Waals surface area contributed by atoms with E-state index in [0.29, 0.717) is 18.4 Å². The molecule has 0 bridgehead atoms. The summed E-state index contributed by atoms with van der Waals surface area (Å²) in [5, 5.41) is 1.40. The Morgan fingerprint density at radius 2 is 1.86 bits per heavy atom. The van der Waals surface area contributed by atoms with Gasteiger partial charge in [0.25, 0.3) is 0 Å². The van der Waals surface area contributed by atoms with Crippen LogP contribution in [0.25, 0.3) is 10.8 Å². The molecule has 1 aromatic heterocycles. The maximum atomic E-state index is 12.9. The summed E-state index contributed by atoms with van der Waals surface area (Å²) in [5.74, 6) is -0.0987. The highest BCUT2D eigenvalue weighted by Crippen LogP contribution is 2.22. The molecular weight excluding hydrogens is 374 g/mol. The lowest BCUT2D eigenvalue weighted by Gasteiger charge is -2.17. The second-order valence-corrected chi connectivity index (χ2v) is 8.26. The van der Waals surface area contributed by atoms with Gasteiger partial charge in [-0.15, -0.1) is 0 Å². The Kier molecular flexibility index (Phi) is 6.23. The highest BCUT2D eigenvalue weighted by molar-refractivity contribution is 7.89. The van der Waals surface area contributed by atoms with Gasteiger partial charge in [-0.2, -0.15) is 0 Å². The van der Waals surface area contributed by atoms with E-state index in [9.17, 15) is 8.42 Å². The number of rotatable bonds is 8. The summed E-state index contributed by atoms with van der Waals surface area (Å²) < 4.78 is 28.6. The van der Waals surface area contributed by atoms with Gasteiger partial charge in [0, 0.05) is 36.3 Å². The van der Waals surface area contributed by atoms with E-state index in [4.69, 9.17) is 11.5 Å². The number of nitrogens with two attached hydrogens (primary N) is 2. The highest BCUT2D eigenvalue weighted by Gasteiger charge is 2.19. The van der Waals surface area contributed by atoms with E-state index in [1.54, 1.807) is 30.6 Å². The Bertz CT molecular complexity index is 1060. The molecule has 0 fully saturated rings. The SMILES string of the molecule is NC(N)=NCC(CNS(=O)(=O)c1cccc2cnccc12)Cc1ccccc1. The number of sulfonamides is 1. The van der Waals surface area contributed by atoms with Crippen molar-refractivity contribution in [2.45, 2.75) is 11.3 Å². The van der Waals surface area contributed by atoms with Crippen LogP contribution < -0.4 is 16.2 Å². The topological polar surface area (TPSA) is 123 Å². The summed E-state index contributed by atoms with van der Waals surface area (Å²) in [7, 11) is -3.70. The molecular formula is C20H23N5O2S. The minimum absolute atomic E-state index is 0.0116. The molecule has 0 aliphatic rings. The smallest absolute Gasteiger partial charge is 0.241 e. The maximum absolute atomic E-state index is 12.9. The first-order valence-corrected chi connectivity index (χ1v) is 10.4. The number of aromatic nitrogens is 1. The molecule has 28 heavy (non-hydrogen) atoms. The summed E-state index contributed by atoms with van der Waals surface area (Å²) >= 11 is 0. The van der Waals surface area contributed by atoms with Gasteiger partial charge in [0.15, 0.2) is 5.96 Å². The normalized spacial score (nSPS) is 12.6. The first-order chi connectivity index (χ1) is 13.5. The molecule has 8 heteroatoms. The van der Waals surface area contributed by atoms with Crippen LogP contribution in [-0.4, -0.2) is 32.5 Å². The third-order valence-corrected chi connectivity index (χ3v) is 5.87. The number of benzene rings is 2.